The van der Waals surface area contributed by atoms with Gasteiger partial charge in [0.25, 0.3) is 0 Å². The largest absolute Gasteiger partial charge is 0.418 e. The van der Waals surface area contributed by atoms with Crippen LogP contribution < -0.4 is 10.6 Å². The van der Waals surface area contributed by atoms with Crippen molar-refractivity contribution in [1.29, 1.82) is 0 Å². The summed E-state index contributed by atoms with van der Waals surface area (Å²) >= 11 is 5.91. The topological polar surface area (TPSA) is 41.1 Å². The number of hydrogen-bond acceptors (Lipinski definition) is 2. The van der Waals surface area contributed by atoms with E-state index in [1.54, 1.807) is 18.2 Å². The Balaban J connectivity index is 1.97. The standard InChI is InChI=1S/C17H16ClF3N2O/c1-11(12-5-4-6-13(18)9-12)22-10-16(24)23-15-8-3-2-7-14(15)17(19,20)21/h2-9,11,22H,10H2,1H3,(H,23,24)/t11-/m1/s1. The predicted octanol–water partition coefficient (Wildman–Crippen LogP) is 4.65. The summed E-state index contributed by atoms with van der Waals surface area (Å²) in [5.74, 6) is -0.555. The number of amides is 1. The lowest BCUT2D eigenvalue weighted by molar-refractivity contribution is -0.137. The summed E-state index contributed by atoms with van der Waals surface area (Å²) < 4.78 is 38.7. The second-order valence-corrected chi connectivity index (χ2v) is 5.69. The molecule has 1 amide bonds. The van der Waals surface area contributed by atoms with Crippen molar-refractivity contribution in [2.45, 2.75) is 19.1 Å². The van der Waals surface area contributed by atoms with E-state index in [0.717, 1.165) is 11.6 Å². The molecule has 0 aliphatic carbocycles. The highest BCUT2D eigenvalue weighted by atomic mass is 35.5. The van der Waals surface area contributed by atoms with Crippen molar-refractivity contribution in [3.05, 3.63) is 64.7 Å². The van der Waals surface area contributed by atoms with E-state index in [2.05, 4.69) is 10.6 Å². The fourth-order valence-corrected chi connectivity index (χ4v) is 2.37. The van der Waals surface area contributed by atoms with E-state index in [-0.39, 0.29) is 18.3 Å². The van der Waals surface area contributed by atoms with Gasteiger partial charge in [0.05, 0.1) is 17.8 Å². The van der Waals surface area contributed by atoms with Gasteiger partial charge in [-0.05, 0) is 36.8 Å². The number of carbonyl (C=O) groups excluding carboxylic acids is 1. The molecule has 0 fully saturated rings. The van der Waals surface area contributed by atoms with Crippen LogP contribution in [0.1, 0.15) is 24.1 Å². The first-order valence-corrected chi connectivity index (χ1v) is 7.60. The van der Waals surface area contributed by atoms with Gasteiger partial charge in [-0.1, -0.05) is 35.9 Å². The van der Waals surface area contributed by atoms with Gasteiger partial charge in [0.15, 0.2) is 0 Å². The summed E-state index contributed by atoms with van der Waals surface area (Å²) in [6.45, 7) is 1.71. The Morgan fingerprint density at radius 1 is 1.17 bits per heavy atom. The Labute approximate surface area is 142 Å². The van der Waals surface area contributed by atoms with Crippen LogP contribution in [0, 0.1) is 0 Å². The van der Waals surface area contributed by atoms with E-state index in [9.17, 15) is 18.0 Å². The quantitative estimate of drug-likeness (QED) is 0.818. The zero-order valence-corrected chi connectivity index (χ0v) is 13.6. The van der Waals surface area contributed by atoms with Gasteiger partial charge in [-0.15, -0.1) is 0 Å². The van der Waals surface area contributed by atoms with Crippen LogP contribution in [0.3, 0.4) is 0 Å². The van der Waals surface area contributed by atoms with E-state index in [1.807, 2.05) is 13.0 Å². The van der Waals surface area contributed by atoms with Gasteiger partial charge < -0.3 is 10.6 Å². The fraction of sp³-hybridized carbons (Fsp3) is 0.235. The molecule has 2 rings (SSSR count). The maximum absolute atomic E-state index is 12.9. The minimum absolute atomic E-state index is 0.125. The van der Waals surface area contributed by atoms with E-state index in [4.69, 9.17) is 11.6 Å². The molecular formula is C17H16ClF3N2O. The van der Waals surface area contributed by atoms with E-state index >= 15 is 0 Å². The molecule has 3 nitrogen and oxygen atoms in total. The summed E-state index contributed by atoms with van der Waals surface area (Å²) in [7, 11) is 0. The van der Waals surface area contributed by atoms with E-state index in [1.165, 1.54) is 18.2 Å². The normalized spacial score (nSPS) is 12.7. The molecule has 128 valence electrons. The highest BCUT2D eigenvalue weighted by molar-refractivity contribution is 6.30. The summed E-state index contributed by atoms with van der Waals surface area (Å²) in [4.78, 5) is 11.9. The van der Waals surface area contributed by atoms with Gasteiger partial charge in [0.2, 0.25) is 5.91 Å². The molecule has 0 aromatic heterocycles. The molecule has 0 aliphatic rings. The summed E-state index contributed by atoms with van der Waals surface area (Å²) in [5.41, 5.74) is -0.251. The van der Waals surface area contributed by atoms with Crippen molar-refractivity contribution in [2.24, 2.45) is 0 Å². The Hall–Kier alpha value is -2.05. The Bertz CT molecular complexity index is 719. The smallest absolute Gasteiger partial charge is 0.324 e. The lowest BCUT2D eigenvalue weighted by Crippen LogP contribution is -2.30. The Morgan fingerprint density at radius 2 is 1.88 bits per heavy atom. The maximum atomic E-state index is 12.9. The zero-order chi connectivity index (χ0) is 17.7. The highest BCUT2D eigenvalue weighted by Gasteiger charge is 2.33. The van der Waals surface area contributed by atoms with Crippen LogP contribution >= 0.6 is 11.6 Å². The molecule has 0 bridgehead atoms. The van der Waals surface area contributed by atoms with E-state index in [0.29, 0.717) is 5.02 Å². The second kappa shape index (κ2) is 7.68. The summed E-state index contributed by atoms with van der Waals surface area (Å²) in [5, 5.41) is 5.81. The number of para-hydroxylation sites is 1. The molecule has 2 N–H and O–H groups in total. The molecule has 0 aliphatic heterocycles. The highest BCUT2D eigenvalue weighted by Crippen LogP contribution is 2.34. The zero-order valence-electron chi connectivity index (χ0n) is 12.8. The minimum Gasteiger partial charge on any atom is -0.324 e. The molecule has 0 heterocycles. The lowest BCUT2D eigenvalue weighted by Gasteiger charge is -2.16. The summed E-state index contributed by atoms with van der Waals surface area (Å²) in [6, 6.07) is 11.8. The molecule has 2 aromatic rings. The molecule has 0 saturated heterocycles. The third kappa shape index (κ3) is 4.97. The van der Waals surface area contributed by atoms with Crippen molar-refractivity contribution in [3.8, 4) is 0 Å². The Morgan fingerprint density at radius 3 is 2.54 bits per heavy atom. The van der Waals surface area contributed by atoms with Crippen LogP contribution in [0.2, 0.25) is 5.02 Å². The maximum Gasteiger partial charge on any atom is 0.418 e. The van der Waals surface area contributed by atoms with Crippen molar-refractivity contribution in [3.63, 3.8) is 0 Å². The first-order valence-electron chi connectivity index (χ1n) is 7.22. The molecule has 0 saturated carbocycles. The average Bonchev–Trinajstić information content (AvgIpc) is 2.52. The number of rotatable bonds is 5. The predicted molar refractivity (Wildman–Crippen MR) is 87.9 cm³/mol. The van der Waals surface area contributed by atoms with Crippen LogP contribution in [0.15, 0.2) is 48.5 Å². The first-order chi connectivity index (χ1) is 11.3. The van der Waals surface area contributed by atoms with Gasteiger partial charge in [-0.25, -0.2) is 0 Å². The monoisotopic (exact) mass is 356 g/mol. The number of nitrogens with one attached hydrogen (secondary N) is 2. The number of carbonyl (C=O) groups is 1. The first kappa shape index (κ1) is 18.3. The van der Waals surface area contributed by atoms with Gasteiger partial charge in [0.1, 0.15) is 0 Å². The van der Waals surface area contributed by atoms with Gasteiger partial charge in [-0.2, -0.15) is 13.2 Å². The van der Waals surface area contributed by atoms with Crippen LogP contribution in [0.25, 0.3) is 0 Å². The molecule has 0 spiro atoms. The fourth-order valence-electron chi connectivity index (χ4n) is 2.17. The Kier molecular flexibility index (Phi) is 5.85. The third-order valence-electron chi connectivity index (χ3n) is 3.42. The van der Waals surface area contributed by atoms with Gasteiger partial charge >= 0.3 is 6.18 Å². The van der Waals surface area contributed by atoms with Crippen LogP contribution in [-0.2, 0) is 11.0 Å². The van der Waals surface area contributed by atoms with Crippen LogP contribution in [0.5, 0.6) is 0 Å². The minimum atomic E-state index is -4.52. The van der Waals surface area contributed by atoms with E-state index < -0.39 is 17.6 Å². The summed E-state index contributed by atoms with van der Waals surface area (Å²) in [6.07, 6.45) is -4.52. The number of anilines is 1. The van der Waals surface area contributed by atoms with Crippen molar-refractivity contribution >= 4 is 23.2 Å². The number of halogens is 4. The molecule has 1 atom stereocenters. The van der Waals surface area contributed by atoms with Crippen LogP contribution in [-0.4, -0.2) is 12.5 Å². The third-order valence-corrected chi connectivity index (χ3v) is 3.66. The number of hydrogen-bond donors (Lipinski definition) is 2. The molecule has 0 radical (unpaired) electrons. The lowest BCUT2D eigenvalue weighted by atomic mass is 10.1. The molecule has 7 heteroatoms. The SMILES string of the molecule is C[C@@H](NCC(=O)Nc1ccccc1C(F)(F)F)c1cccc(Cl)c1. The number of benzene rings is 2. The molecule has 0 unspecified atom stereocenters. The second-order valence-electron chi connectivity index (χ2n) is 5.25. The molecular weight excluding hydrogens is 341 g/mol. The molecule has 24 heavy (non-hydrogen) atoms. The average molecular weight is 357 g/mol. The van der Waals surface area contributed by atoms with Crippen LogP contribution in [0.4, 0.5) is 18.9 Å². The van der Waals surface area contributed by atoms with Gasteiger partial charge in [0, 0.05) is 11.1 Å². The molecule has 2 aromatic carbocycles. The van der Waals surface area contributed by atoms with Crippen molar-refractivity contribution in [1.82, 2.24) is 5.32 Å². The van der Waals surface area contributed by atoms with Crippen molar-refractivity contribution in [2.75, 3.05) is 11.9 Å². The number of alkyl halides is 3. The van der Waals surface area contributed by atoms with Gasteiger partial charge in [-0.3, -0.25) is 4.79 Å². The van der Waals surface area contributed by atoms with Crippen molar-refractivity contribution < 1.29 is 18.0 Å².